The van der Waals surface area contributed by atoms with Crippen LogP contribution in [-0.4, -0.2) is 23.7 Å². The van der Waals surface area contributed by atoms with E-state index in [-0.39, 0.29) is 5.69 Å². The molecule has 1 aromatic heterocycles. The Hall–Kier alpha value is -3.16. The zero-order chi connectivity index (χ0) is 16.8. The molecule has 120 valence electrons. The third-order valence-electron chi connectivity index (χ3n) is 2.73. The fourth-order valence-corrected chi connectivity index (χ4v) is 1.85. The molecule has 2 aromatic rings. The van der Waals surface area contributed by atoms with Crippen molar-refractivity contribution in [2.45, 2.75) is 13.8 Å². The van der Waals surface area contributed by atoms with Crippen LogP contribution in [0.3, 0.4) is 0 Å². The van der Waals surface area contributed by atoms with Crippen LogP contribution in [0.4, 0.5) is 5.69 Å². The second-order valence-electron chi connectivity index (χ2n) is 4.39. The molecule has 0 saturated carbocycles. The lowest BCUT2D eigenvalue weighted by Gasteiger charge is -2.05. The van der Waals surface area contributed by atoms with Crippen molar-refractivity contribution in [1.82, 2.24) is 0 Å². The molecular weight excluding hydrogens is 304 g/mol. The lowest BCUT2D eigenvalue weighted by atomic mass is 10.1. The Morgan fingerprint density at radius 2 is 2.17 bits per heavy atom. The highest BCUT2D eigenvalue weighted by molar-refractivity contribution is 5.79. The first kappa shape index (κ1) is 16.2. The summed E-state index contributed by atoms with van der Waals surface area (Å²) in [6, 6.07) is 7.64. The number of nitrogens with zero attached hydrogens (tertiary/aromatic N) is 2. The Kier molecular flexibility index (Phi) is 5.08. The van der Waals surface area contributed by atoms with Gasteiger partial charge in [-0.3, -0.25) is 10.1 Å². The van der Waals surface area contributed by atoms with Crippen LogP contribution in [-0.2, 0) is 9.63 Å². The topological polar surface area (TPSA) is 104 Å². The summed E-state index contributed by atoms with van der Waals surface area (Å²) in [6.07, 6.45) is 1.20. The monoisotopic (exact) mass is 318 g/mol. The van der Waals surface area contributed by atoms with Crippen molar-refractivity contribution in [3.63, 3.8) is 0 Å². The van der Waals surface area contributed by atoms with Crippen molar-refractivity contribution >= 4 is 17.9 Å². The van der Waals surface area contributed by atoms with Crippen molar-refractivity contribution in [1.29, 1.82) is 0 Å². The van der Waals surface area contributed by atoms with E-state index in [9.17, 15) is 14.9 Å². The van der Waals surface area contributed by atoms with Crippen LogP contribution < -0.4 is 4.74 Å². The molecule has 1 aromatic carbocycles. The quantitative estimate of drug-likeness (QED) is 0.351. The maximum Gasteiger partial charge on any atom is 0.331 e. The molecule has 0 atom stereocenters. The van der Waals surface area contributed by atoms with Gasteiger partial charge in [-0.2, -0.15) is 0 Å². The van der Waals surface area contributed by atoms with Crippen LogP contribution in [0.2, 0.25) is 0 Å². The third-order valence-corrected chi connectivity index (χ3v) is 2.73. The first-order valence-electron chi connectivity index (χ1n) is 6.73. The summed E-state index contributed by atoms with van der Waals surface area (Å²) in [4.78, 5) is 25.7. The van der Waals surface area contributed by atoms with Gasteiger partial charge in [0.15, 0.2) is 0 Å². The minimum atomic E-state index is -0.560. The maximum atomic E-state index is 11.2. The summed E-state index contributed by atoms with van der Waals surface area (Å²) in [5.41, 5.74) is 0.180. The second-order valence-corrected chi connectivity index (χ2v) is 4.39. The largest absolute Gasteiger partial charge is 0.494 e. The van der Waals surface area contributed by atoms with Gasteiger partial charge in [0.1, 0.15) is 23.5 Å². The molecule has 0 unspecified atom stereocenters. The molecule has 2 rings (SSSR count). The Morgan fingerprint density at radius 3 is 2.83 bits per heavy atom. The molecule has 0 aliphatic rings. The third kappa shape index (κ3) is 4.16. The van der Waals surface area contributed by atoms with Gasteiger partial charge in [0.05, 0.1) is 23.2 Å². The number of oxime groups is 1. The van der Waals surface area contributed by atoms with Gasteiger partial charge < -0.3 is 14.0 Å². The molecule has 0 bridgehead atoms. The van der Waals surface area contributed by atoms with Gasteiger partial charge in [-0.05, 0) is 31.2 Å². The van der Waals surface area contributed by atoms with E-state index in [0.717, 1.165) is 0 Å². The highest BCUT2D eigenvalue weighted by Crippen LogP contribution is 2.34. The smallest absolute Gasteiger partial charge is 0.331 e. The van der Waals surface area contributed by atoms with Gasteiger partial charge in [-0.15, -0.1) is 0 Å². The number of ether oxygens (including phenoxy) is 1. The zero-order valence-electron chi connectivity index (χ0n) is 12.5. The van der Waals surface area contributed by atoms with Gasteiger partial charge in [-0.1, -0.05) is 5.16 Å². The molecule has 23 heavy (non-hydrogen) atoms. The molecule has 8 heteroatoms. The number of hydrogen-bond donors (Lipinski definition) is 0. The average Bonchev–Trinajstić information content (AvgIpc) is 2.95. The van der Waals surface area contributed by atoms with Gasteiger partial charge in [-0.25, -0.2) is 4.79 Å². The first-order chi connectivity index (χ1) is 11.0. The fourth-order valence-electron chi connectivity index (χ4n) is 1.85. The van der Waals surface area contributed by atoms with E-state index >= 15 is 0 Å². The molecular formula is C15H14N2O6. The molecule has 0 aliphatic carbocycles. The van der Waals surface area contributed by atoms with E-state index in [1.54, 1.807) is 31.2 Å². The van der Waals surface area contributed by atoms with Gasteiger partial charge in [0, 0.05) is 6.92 Å². The predicted molar refractivity (Wildman–Crippen MR) is 81.3 cm³/mol. The normalized spacial score (nSPS) is 10.7. The summed E-state index contributed by atoms with van der Waals surface area (Å²) < 4.78 is 10.7. The molecule has 0 aliphatic heterocycles. The van der Waals surface area contributed by atoms with E-state index < -0.39 is 10.9 Å². The van der Waals surface area contributed by atoms with Crippen molar-refractivity contribution in [2.24, 2.45) is 5.16 Å². The molecule has 0 spiro atoms. The Bertz CT molecular complexity index is 750. The van der Waals surface area contributed by atoms with E-state index in [4.69, 9.17) is 9.15 Å². The number of benzene rings is 1. The Labute approximate surface area is 131 Å². The van der Waals surface area contributed by atoms with Crippen LogP contribution in [0.15, 0.2) is 39.9 Å². The second kappa shape index (κ2) is 7.21. The summed E-state index contributed by atoms with van der Waals surface area (Å²) in [7, 11) is 0. The highest BCUT2D eigenvalue weighted by atomic mass is 16.7. The Balaban J connectivity index is 2.31. The number of nitro benzene ring substituents is 1. The lowest BCUT2D eigenvalue weighted by molar-refractivity contribution is -0.384. The highest BCUT2D eigenvalue weighted by Gasteiger charge is 2.19. The van der Waals surface area contributed by atoms with E-state index in [2.05, 4.69) is 9.99 Å². The van der Waals surface area contributed by atoms with Crippen LogP contribution >= 0.6 is 0 Å². The van der Waals surface area contributed by atoms with Crippen molar-refractivity contribution in [2.75, 3.05) is 6.61 Å². The molecule has 8 nitrogen and oxygen atoms in total. The number of hydrogen-bond acceptors (Lipinski definition) is 7. The van der Waals surface area contributed by atoms with Crippen LogP contribution in [0.5, 0.6) is 5.75 Å². The zero-order valence-corrected chi connectivity index (χ0v) is 12.5. The molecule has 0 saturated heterocycles. The Morgan fingerprint density at radius 1 is 1.39 bits per heavy atom. The summed E-state index contributed by atoms with van der Waals surface area (Å²) in [5, 5.41) is 14.7. The van der Waals surface area contributed by atoms with Gasteiger partial charge in [0.25, 0.3) is 5.69 Å². The first-order valence-corrected chi connectivity index (χ1v) is 6.73. The minimum Gasteiger partial charge on any atom is -0.494 e. The molecule has 0 radical (unpaired) electrons. The van der Waals surface area contributed by atoms with Crippen molar-refractivity contribution in [3.05, 3.63) is 46.2 Å². The summed E-state index contributed by atoms with van der Waals surface area (Å²) in [5.74, 6) is 0.440. The summed E-state index contributed by atoms with van der Waals surface area (Å²) >= 11 is 0. The maximum absolute atomic E-state index is 11.2. The van der Waals surface area contributed by atoms with Crippen molar-refractivity contribution in [3.8, 4) is 17.1 Å². The molecule has 0 fully saturated rings. The minimum absolute atomic E-state index is 0.131. The van der Waals surface area contributed by atoms with Gasteiger partial charge in [0.2, 0.25) is 0 Å². The van der Waals surface area contributed by atoms with E-state index in [1.807, 2.05) is 0 Å². The average molecular weight is 318 g/mol. The number of furan rings is 1. The fraction of sp³-hybridized carbons (Fsp3) is 0.200. The lowest BCUT2D eigenvalue weighted by Crippen LogP contribution is -1.95. The molecule has 0 N–H and O–H groups in total. The molecule has 1 heterocycles. The van der Waals surface area contributed by atoms with Crippen LogP contribution in [0.25, 0.3) is 11.3 Å². The van der Waals surface area contributed by atoms with Crippen LogP contribution in [0.1, 0.15) is 19.6 Å². The molecule has 0 amide bonds. The van der Waals surface area contributed by atoms with Crippen LogP contribution in [0, 0.1) is 10.1 Å². The number of rotatable bonds is 6. The van der Waals surface area contributed by atoms with Gasteiger partial charge >= 0.3 is 5.97 Å². The van der Waals surface area contributed by atoms with E-state index in [0.29, 0.717) is 29.4 Å². The van der Waals surface area contributed by atoms with E-state index in [1.165, 1.54) is 19.2 Å². The van der Waals surface area contributed by atoms with Crippen molar-refractivity contribution < 1.29 is 23.7 Å². The standard InChI is InChI=1S/C15H14N2O6/c1-3-21-11-4-6-13(14(8-11)17(19)20)15-7-5-12(22-15)9-16-23-10(2)18/h4-9H,3H2,1-2H3/b16-9+. The number of nitro groups is 1. The predicted octanol–water partition coefficient (Wildman–Crippen LogP) is 3.15. The SMILES string of the molecule is CCOc1ccc(-c2ccc(/C=N/OC(C)=O)o2)c([N+](=O)[O-])c1. The number of carbonyl (C=O) groups is 1. The summed E-state index contributed by atoms with van der Waals surface area (Å²) in [6.45, 7) is 3.42. The number of carbonyl (C=O) groups excluding carboxylic acids is 1.